The number of benzene rings is 1. The maximum Gasteiger partial charge on any atom is 0.326 e. The lowest BCUT2D eigenvalue weighted by Gasteiger charge is -2.21. The first-order valence-electron chi connectivity index (χ1n) is 6.56. The summed E-state index contributed by atoms with van der Waals surface area (Å²) in [5.74, 6) is -0.900. The maximum absolute atomic E-state index is 12.0. The fourth-order valence-electron chi connectivity index (χ4n) is 2.28. The number of hydrogen-bond acceptors (Lipinski definition) is 4. The van der Waals surface area contributed by atoms with E-state index in [1.54, 1.807) is 24.3 Å². The van der Waals surface area contributed by atoms with Crippen LogP contribution >= 0.6 is 11.6 Å². The van der Waals surface area contributed by atoms with Crippen molar-refractivity contribution in [1.29, 1.82) is 0 Å². The molecule has 2 rings (SSSR count). The van der Waals surface area contributed by atoms with Gasteiger partial charge >= 0.3 is 5.97 Å². The number of nitrogens with zero attached hydrogens (tertiary/aromatic N) is 1. The molecule has 1 aromatic carbocycles. The minimum atomic E-state index is -1.10. The number of ether oxygens (including phenoxy) is 1. The summed E-state index contributed by atoms with van der Waals surface area (Å²) in [7, 11) is 0. The van der Waals surface area contributed by atoms with Crippen LogP contribution in [0.15, 0.2) is 24.3 Å². The van der Waals surface area contributed by atoms with E-state index in [0.717, 1.165) is 0 Å². The number of rotatable bonds is 5. The number of carbonyl (C=O) groups excluding carboxylic acids is 1. The number of hydrogen-bond donors (Lipinski definition) is 2. The molecule has 7 heteroatoms. The van der Waals surface area contributed by atoms with Gasteiger partial charge < -0.3 is 19.8 Å². The molecule has 6 nitrogen and oxygen atoms in total. The van der Waals surface area contributed by atoms with Gasteiger partial charge in [-0.2, -0.15) is 0 Å². The van der Waals surface area contributed by atoms with Gasteiger partial charge in [0.05, 0.1) is 19.1 Å². The number of β-amino-alcohol motifs (C(OH)–C–C–N with tert-alkyl or cyclic N) is 1. The zero-order chi connectivity index (χ0) is 15.4. The van der Waals surface area contributed by atoms with E-state index in [2.05, 4.69) is 0 Å². The van der Waals surface area contributed by atoms with E-state index in [1.807, 2.05) is 0 Å². The number of aliphatic hydroxyl groups excluding tert-OH is 1. The van der Waals surface area contributed by atoms with Crippen molar-refractivity contribution in [3.8, 4) is 5.75 Å². The standard InChI is InChI=1S/C14H16ClNO5/c15-9-2-1-3-11(6-9)21-5-4-13(18)16-8-10(17)7-12(16)14(19)20/h1-3,6,10,12,17H,4-5,7-8H2,(H,19,20)/t10-,12-/m0/s1. The highest BCUT2D eigenvalue weighted by atomic mass is 35.5. The zero-order valence-corrected chi connectivity index (χ0v) is 12.0. The Balaban J connectivity index is 1.85. The van der Waals surface area contributed by atoms with Crippen LogP contribution in [-0.2, 0) is 9.59 Å². The Bertz CT molecular complexity index is 536. The van der Waals surface area contributed by atoms with Crippen molar-refractivity contribution in [3.05, 3.63) is 29.3 Å². The number of halogens is 1. The van der Waals surface area contributed by atoms with Gasteiger partial charge in [0.25, 0.3) is 0 Å². The molecule has 114 valence electrons. The second-order valence-electron chi connectivity index (χ2n) is 4.85. The molecule has 1 aliphatic rings. The number of carboxylic acid groups (broad SMARTS) is 1. The minimum absolute atomic E-state index is 0.0447. The van der Waals surface area contributed by atoms with E-state index in [-0.39, 0.29) is 31.9 Å². The SMILES string of the molecule is O=C(O)[C@@H]1C[C@H](O)CN1C(=O)CCOc1cccc(Cl)c1. The van der Waals surface area contributed by atoms with Gasteiger partial charge in [-0.15, -0.1) is 0 Å². The van der Waals surface area contributed by atoms with E-state index in [4.69, 9.17) is 21.4 Å². The molecule has 1 amide bonds. The number of carboxylic acids is 1. The molecule has 0 aromatic heterocycles. The number of aliphatic carboxylic acids is 1. The number of amides is 1. The molecule has 0 aliphatic carbocycles. The van der Waals surface area contributed by atoms with E-state index < -0.39 is 18.1 Å². The predicted molar refractivity (Wildman–Crippen MR) is 75.3 cm³/mol. The summed E-state index contributed by atoms with van der Waals surface area (Å²) < 4.78 is 5.40. The Morgan fingerprint density at radius 3 is 2.86 bits per heavy atom. The Morgan fingerprint density at radius 1 is 1.43 bits per heavy atom. The third-order valence-electron chi connectivity index (χ3n) is 3.27. The van der Waals surface area contributed by atoms with Crippen LogP contribution in [0.25, 0.3) is 0 Å². The molecule has 1 aromatic rings. The molecular formula is C14H16ClNO5. The van der Waals surface area contributed by atoms with Crippen LogP contribution in [0.2, 0.25) is 5.02 Å². The zero-order valence-electron chi connectivity index (χ0n) is 11.2. The molecule has 2 N–H and O–H groups in total. The van der Waals surface area contributed by atoms with Crippen LogP contribution in [0.4, 0.5) is 0 Å². The molecule has 0 unspecified atom stereocenters. The van der Waals surface area contributed by atoms with Crippen molar-refractivity contribution >= 4 is 23.5 Å². The van der Waals surface area contributed by atoms with Crippen molar-refractivity contribution in [1.82, 2.24) is 4.90 Å². The molecular weight excluding hydrogens is 298 g/mol. The summed E-state index contributed by atoms with van der Waals surface area (Å²) in [6.45, 7) is 0.172. The Kier molecular flexibility index (Phi) is 5.03. The fourth-order valence-corrected chi connectivity index (χ4v) is 2.46. The van der Waals surface area contributed by atoms with Gasteiger partial charge in [-0.3, -0.25) is 4.79 Å². The first-order chi connectivity index (χ1) is 9.97. The van der Waals surface area contributed by atoms with Gasteiger partial charge in [0.2, 0.25) is 5.91 Å². The topological polar surface area (TPSA) is 87.1 Å². The Labute approximate surface area is 126 Å². The van der Waals surface area contributed by atoms with Gasteiger partial charge in [0.1, 0.15) is 11.8 Å². The average molecular weight is 314 g/mol. The summed E-state index contributed by atoms with van der Waals surface area (Å²) in [5, 5.41) is 19.1. The lowest BCUT2D eigenvalue weighted by Crippen LogP contribution is -2.41. The number of aliphatic hydroxyl groups is 1. The normalized spacial score (nSPS) is 21.3. The quantitative estimate of drug-likeness (QED) is 0.851. The third-order valence-corrected chi connectivity index (χ3v) is 3.50. The second kappa shape index (κ2) is 6.78. The highest BCUT2D eigenvalue weighted by Gasteiger charge is 2.38. The summed E-state index contributed by atoms with van der Waals surface area (Å²) in [4.78, 5) is 24.2. The van der Waals surface area contributed by atoms with E-state index in [9.17, 15) is 14.7 Å². The molecule has 1 saturated heterocycles. The second-order valence-corrected chi connectivity index (χ2v) is 5.28. The molecule has 0 spiro atoms. The van der Waals surface area contributed by atoms with Gasteiger partial charge in [0, 0.05) is 18.0 Å². The summed E-state index contributed by atoms with van der Waals surface area (Å²) in [6, 6.07) is 5.83. The highest BCUT2D eigenvalue weighted by molar-refractivity contribution is 6.30. The lowest BCUT2D eigenvalue weighted by atomic mass is 10.2. The Hall–Kier alpha value is -1.79. The smallest absolute Gasteiger partial charge is 0.326 e. The van der Waals surface area contributed by atoms with Crippen LogP contribution in [0, 0.1) is 0 Å². The number of carbonyl (C=O) groups is 2. The molecule has 1 aliphatic heterocycles. The van der Waals surface area contributed by atoms with Crippen molar-refractivity contribution in [2.75, 3.05) is 13.2 Å². The van der Waals surface area contributed by atoms with E-state index >= 15 is 0 Å². The maximum atomic E-state index is 12.0. The number of likely N-dealkylation sites (tertiary alicyclic amines) is 1. The van der Waals surface area contributed by atoms with E-state index in [0.29, 0.717) is 10.8 Å². The molecule has 1 fully saturated rings. The van der Waals surface area contributed by atoms with Gasteiger partial charge in [0.15, 0.2) is 0 Å². The molecule has 21 heavy (non-hydrogen) atoms. The third kappa shape index (κ3) is 4.09. The van der Waals surface area contributed by atoms with Crippen molar-refractivity contribution in [2.24, 2.45) is 0 Å². The van der Waals surface area contributed by atoms with Crippen LogP contribution < -0.4 is 4.74 Å². The summed E-state index contributed by atoms with van der Waals surface area (Å²) in [6.07, 6.45) is -0.678. The van der Waals surface area contributed by atoms with Crippen LogP contribution in [0.1, 0.15) is 12.8 Å². The van der Waals surface area contributed by atoms with E-state index in [1.165, 1.54) is 4.90 Å². The van der Waals surface area contributed by atoms with Crippen molar-refractivity contribution < 1.29 is 24.5 Å². The average Bonchev–Trinajstić information content (AvgIpc) is 2.81. The predicted octanol–water partition coefficient (Wildman–Crippen LogP) is 1.16. The first-order valence-corrected chi connectivity index (χ1v) is 6.94. The van der Waals surface area contributed by atoms with Crippen LogP contribution in [0.5, 0.6) is 5.75 Å². The summed E-state index contributed by atoms with van der Waals surface area (Å²) in [5.41, 5.74) is 0. The molecule has 0 saturated carbocycles. The minimum Gasteiger partial charge on any atom is -0.493 e. The molecule has 1 heterocycles. The van der Waals surface area contributed by atoms with Crippen molar-refractivity contribution in [2.45, 2.75) is 25.0 Å². The van der Waals surface area contributed by atoms with Gasteiger partial charge in [-0.25, -0.2) is 4.79 Å². The molecule has 2 atom stereocenters. The Morgan fingerprint density at radius 2 is 2.19 bits per heavy atom. The van der Waals surface area contributed by atoms with Crippen LogP contribution in [0.3, 0.4) is 0 Å². The van der Waals surface area contributed by atoms with Crippen LogP contribution in [-0.4, -0.2) is 52.3 Å². The molecule has 0 radical (unpaired) electrons. The van der Waals surface area contributed by atoms with Gasteiger partial charge in [-0.05, 0) is 18.2 Å². The van der Waals surface area contributed by atoms with Gasteiger partial charge in [-0.1, -0.05) is 17.7 Å². The largest absolute Gasteiger partial charge is 0.493 e. The van der Waals surface area contributed by atoms with Crippen molar-refractivity contribution in [3.63, 3.8) is 0 Å². The first kappa shape index (κ1) is 15.6. The monoisotopic (exact) mass is 313 g/mol. The lowest BCUT2D eigenvalue weighted by molar-refractivity contribution is -0.148. The summed E-state index contributed by atoms with van der Waals surface area (Å²) >= 11 is 5.81. The highest BCUT2D eigenvalue weighted by Crippen LogP contribution is 2.20. The molecule has 0 bridgehead atoms. The fraction of sp³-hybridized carbons (Fsp3) is 0.429.